The minimum absolute atomic E-state index is 0.0452. The summed E-state index contributed by atoms with van der Waals surface area (Å²) in [5, 5.41) is 18.9. The first-order valence-electron chi connectivity index (χ1n) is 5.65. The minimum Gasteiger partial charge on any atom is -0.395 e. The number of aliphatic hydroxyl groups excluding tert-OH is 1. The minimum atomic E-state index is -0.139. The van der Waals surface area contributed by atoms with E-state index in [1.54, 1.807) is 9.75 Å². The largest absolute Gasteiger partial charge is 0.395 e. The smallest absolute Gasteiger partial charge is 0.174 e. The maximum absolute atomic E-state index is 9.12. The van der Waals surface area contributed by atoms with Gasteiger partial charge in [-0.25, -0.2) is 4.68 Å². The number of rotatable bonds is 4. The predicted octanol–water partition coefficient (Wildman–Crippen LogP) is 0.357. The van der Waals surface area contributed by atoms with E-state index in [-0.39, 0.29) is 18.9 Å². The molecule has 0 aromatic carbocycles. The highest BCUT2D eigenvalue weighted by molar-refractivity contribution is 4.93. The fourth-order valence-electron chi connectivity index (χ4n) is 1.87. The molecule has 1 aliphatic heterocycles. The highest BCUT2D eigenvalue weighted by atomic mass is 16.7. The van der Waals surface area contributed by atoms with Gasteiger partial charge in [0, 0.05) is 13.5 Å². The summed E-state index contributed by atoms with van der Waals surface area (Å²) in [6.45, 7) is 2.21. The summed E-state index contributed by atoms with van der Waals surface area (Å²) in [7, 11) is 1.82. The number of aryl methyl sites for hydroxylation is 1. The van der Waals surface area contributed by atoms with Crippen LogP contribution in [0.4, 0.5) is 0 Å². The lowest BCUT2D eigenvalue weighted by Gasteiger charge is -2.13. The van der Waals surface area contributed by atoms with Crippen LogP contribution in [0.3, 0.4) is 0 Å². The van der Waals surface area contributed by atoms with Gasteiger partial charge in [-0.15, -0.1) is 5.10 Å². The number of aliphatic hydroxyl groups is 1. The third-order valence-electron chi connectivity index (χ3n) is 2.85. The first-order valence-corrected chi connectivity index (χ1v) is 5.65. The molecule has 0 spiro atoms. The fourth-order valence-corrected chi connectivity index (χ4v) is 1.87. The molecule has 6 heteroatoms. The average Bonchev–Trinajstić information content (AvgIpc) is 2.85. The standard InChI is InChI=1S/C10H18N4O2/c1-3-4-8-6-14(12-11-8)10-5-9(7-15)13(2)16-10/h6,9-10,15H,3-5,7H2,1-2H3/t9-,10+/m1/s1. The highest BCUT2D eigenvalue weighted by Crippen LogP contribution is 2.26. The third kappa shape index (κ3) is 2.23. The second-order valence-electron chi connectivity index (χ2n) is 4.12. The molecule has 0 unspecified atom stereocenters. The van der Waals surface area contributed by atoms with Gasteiger partial charge in [0.25, 0.3) is 0 Å². The van der Waals surface area contributed by atoms with Gasteiger partial charge in [0.05, 0.1) is 24.5 Å². The van der Waals surface area contributed by atoms with Crippen molar-refractivity contribution in [3.05, 3.63) is 11.9 Å². The SMILES string of the molecule is CCCc1cn([C@@H]2C[C@H](CO)N(C)O2)nn1. The second kappa shape index (κ2) is 4.90. The van der Waals surface area contributed by atoms with E-state index in [0.29, 0.717) is 0 Å². The molecule has 1 N–H and O–H groups in total. The van der Waals surface area contributed by atoms with Crippen molar-refractivity contribution >= 4 is 0 Å². The van der Waals surface area contributed by atoms with E-state index in [1.165, 1.54) is 0 Å². The van der Waals surface area contributed by atoms with Crippen LogP contribution < -0.4 is 0 Å². The Hall–Kier alpha value is -0.980. The van der Waals surface area contributed by atoms with Crippen LogP contribution in [0.25, 0.3) is 0 Å². The molecule has 0 amide bonds. The Kier molecular flexibility index (Phi) is 3.52. The van der Waals surface area contributed by atoms with Gasteiger partial charge in [-0.2, -0.15) is 5.06 Å². The van der Waals surface area contributed by atoms with E-state index in [0.717, 1.165) is 25.0 Å². The van der Waals surface area contributed by atoms with Crippen LogP contribution in [0, 0.1) is 0 Å². The van der Waals surface area contributed by atoms with Crippen molar-refractivity contribution in [1.82, 2.24) is 20.1 Å². The molecule has 16 heavy (non-hydrogen) atoms. The molecule has 1 fully saturated rings. The Morgan fingerprint density at radius 1 is 1.62 bits per heavy atom. The Balaban J connectivity index is 2.02. The van der Waals surface area contributed by atoms with E-state index in [9.17, 15) is 0 Å². The van der Waals surface area contributed by atoms with Gasteiger partial charge in [0.15, 0.2) is 6.23 Å². The van der Waals surface area contributed by atoms with E-state index in [4.69, 9.17) is 9.94 Å². The van der Waals surface area contributed by atoms with E-state index >= 15 is 0 Å². The molecule has 90 valence electrons. The number of hydrogen-bond acceptors (Lipinski definition) is 5. The Morgan fingerprint density at radius 2 is 2.44 bits per heavy atom. The van der Waals surface area contributed by atoms with E-state index < -0.39 is 0 Å². The molecule has 6 nitrogen and oxygen atoms in total. The molecule has 1 aliphatic rings. The predicted molar refractivity (Wildman–Crippen MR) is 57.4 cm³/mol. The molecular weight excluding hydrogens is 208 g/mol. The number of likely N-dealkylation sites (N-methyl/N-ethyl adjacent to an activating group) is 1. The molecule has 0 saturated carbocycles. The van der Waals surface area contributed by atoms with E-state index in [1.807, 2.05) is 13.2 Å². The molecule has 2 atom stereocenters. The van der Waals surface area contributed by atoms with Gasteiger partial charge in [0.1, 0.15) is 0 Å². The summed E-state index contributed by atoms with van der Waals surface area (Å²) in [4.78, 5) is 5.58. The Morgan fingerprint density at radius 3 is 3.06 bits per heavy atom. The summed E-state index contributed by atoms with van der Waals surface area (Å²) in [6, 6.07) is 0.0452. The zero-order valence-corrected chi connectivity index (χ0v) is 9.70. The summed E-state index contributed by atoms with van der Waals surface area (Å²) in [5.41, 5.74) is 0.987. The van der Waals surface area contributed by atoms with Crippen molar-refractivity contribution < 1.29 is 9.94 Å². The van der Waals surface area contributed by atoms with Gasteiger partial charge in [0.2, 0.25) is 0 Å². The summed E-state index contributed by atoms with van der Waals surface area (Å²) < 4.78 is 1.73. The first-order chi connectivity index (χ1) is 7.74. The van der Waals surface area contributed by atoms with E-state index in [2.05, 4.69) is 17.2 Å². The molecule has 0 aliphatic carbocycles. The molecule has 1 aromatic heterocycles. The molecule has 0 bridgehead atoms. The maximum atomic E-state index is 9.12. The zero-order chi connectivity index (χ0) is 11.5. The monoisotopic (exact) mass is 226 g/mol. The lowest BCUT2D eigenvalue weighted by molar-refractivity contribution is -0.172. The van der Waals surface area contributed by atoms with Crippen LogP contribution in [0.1, 0.15) is 31.7 Å². The highest BCUT2D eigenvalue weighted by Gasteiger charge is 2.32. The Bertz CT molecular complexity index is 341. The van der Waals surface area contributed by atoms with Gasteiger partial charge in [-0.3, -0.25) is 4.84 Å². The number of hydrogen-bond donors (Lipinski definition) is 1. The normalized spacial score (nSPS) is 26.4. The number of aromatic nitrogens is 3. The van der Waals surface area contributed by atoms with Crippen LogP contribution in [-0.2, 0) is 11.3 Å². The lowest BCUT2D eigenvalue weighted by atomic mass is 10.2. The molecule has 0 radical (unpaired) electrons. The quantitative estimate of drug-likeness (QED) is 0.803. The van der Waals surface area contributed by atoms with Crippen molar-refractivity contribution in [2.75, 3.05) is 13.7 Å². The number of nitrogens with zero attached hydrogens (tertiary/aromatic N) is 4. The van der Waals surface area contributed by atoms with Gasteiger partial charge in [-0.05, 0) is 6.42 Å². The second-order valence-corrected chi connectivity index (χ2v) is 4.12. The lowest BCUT2D eigenvalue weighted by Crippen LogP contribution is -2.26. The van der Waals surface area contributed by atoms with Crippen molar-refractivity contribution in [2.45, 2.75) is 38.5 Å². The molecule has 1 saturated heterocycles. The zero-order valence-electron chi connectivity index (χ0n) is 9.70. The van der Waals surface area contributed by atoms with Gasteiger partial charge in [-0.1, -0.05) is 18.6 Å². The van der Waals surface area contributed by atoms with Crippen molar-refractivity contribution in [3.8, 4) is 0 Å². The van der Waals surface area contributed by atoms with Crippen LogP contribution in [0.15, 0.2) is 6.20 Å². The van der Waals surface area contributed by atoms with Crippen molar-refractivity contribution in [1.29, 1.82) is 0 Å². The van der Waals surface area contributed by atoms with Crippen LogP contribution in [0.2, 0.25) is 0 Å². The topological polar surface area (TPSA) is 63.4 Å². The maximum Gasteiger partial charge on any atom is 0.174 e. The molecule has 2 rings (SSSR count). The summed E-state index contributed by atoms with van der Waals surface area (Å²) in [6.07, 6.45) is 4.51. The van der Waals surface area contributed by atoms with Crippen LogP contribution in [0.5, 0.6) is 0 Å². The van der Waals surface area contributed by atoms with Crippen molar-refractivity contribution in [3.63, 3.8) is 0 Å². The molecular formula is C10H18N4O2. The summed E-state index contributed by atoms with van der Waals surface area (Å²) >= 11 is 0. The van der Waals surface area contributed by atoms with Crippen LogP contribution in [-0.4, -0.2) is 44.9 Å². The third-order valence-corrected chi connectivity index (χ3v) is 2.85. The first kappa shape index (κ1) is 11.5. The molecule has 2 heterocycles. The molecule has 1 aromatic rings. The number of hydroxylamine groups is 2. The fraction of sp³-hybridized carbons (Fsp3) is 0.800. The average molecular weight is 226 g/mol. The van der Waals surface area contributed by atoms with Crippen LogP contribution >= 0.6 is 0 Å². The van der Waals surface area contributed by atoms with Gasteiger partial charge < -0.3 is 5.11 Å². The van der Waals surface area contributed by atoms with Gasteiger partial charge >= 0.3 is 0 Å². The Labute approximate surface area is 94.8 Å². The van der Waals surface area contributed by atoms with Crippen molar-refractivity contribution in [2.24, 2.45) is 0 Å². The summed E-state index contributed by atoms with van der Waals surface area (Å²) in [5.74, 6) is 0.